The summed E-state index contributed by atoms with van der Waals surface area (Å²) in [5.41, 5.74) is 7.78. The Balaban J connectivity index is 0.00000133. The second-order valence-corrected chi connectivity index (χ2v) is 29.6. The molecule has 13 heteroatoms. The molecule has 0 fully saturated rings. The first-order chi connectivity index (χ1) is 50.4. The first-order valence-corrected chi connectivity index (χ1v) is 42.1. The molecular weight excluding hydrogens is 1350 g/mol. The maximum atomic E-state index is 11.7. The van der Waals surface area contributed by atoms with E-state index < -0.39 is 14.4 Å². The first kappa shape index (κ1) is 96.4. The molecular formula is C91H133N4NaO5S3. The van der Waals surface area contributed by atoms with Crippen LogP contribution >= 0.6 is 36.2 Å². The van der Waals surface area contributed by atoms with E-state index >= 15 is 0 Å². The van der Waals surface area contributed by atoms with Crippen molar-refractivity contribution in [3.8, 4) is 6.07 Å². The van der Waals surface area contributed by atoms with E-state index in [1.165, 1.54) is 205 Å². The first-order valence-electron chi connectivity index (χ1n) is 39.5. The van der Waals surface area contributed by atoms with E-state index in [0.29, 0.717) is 5.57 Å². The fourth-order valence-corrected chi connectivity index (χ4v) is 15.3. The normalized spacial score (nSPS) is 10.6. The standard InChI is InChI=1S/C26H37NO2S.C26H35NOS.C14H11NO2.C12H26S.C7H8.C6H15N.Na.H/c1-2-3-4-5-6-7-8-9-10-17-22-30-26(23-27(28)29,24-18-13-11-14-19-24)25-20-15-12-16-21-25;1-2-3-4-5-6-7-8-9-10-17-22-29-26(23-27-28,24-18-13-11-14-19-24)25-20-15-12-16-21-25;16-15(17)11-14(12-7-3-1-4-8-12)13-9-5-2-6-10-13;1-2-3-4-5-6-7-8-9-10-11-12-13;1-7-5-3-2-4-6-7;1-4-7(5-2)6-3;;/h11-16,18-21H,2-10,17,22-23H2,1H3;11-16,18-21H,2-10,17,22H2,1H3;1-11H;13H,2-12H2,1H3;2-6H,1H3;4-6H2,1-3H3;;/q;;;;;;+1;-1. The Morgan fingerprint density at radius 1 is 0.423 bits per heavy atom. The molecule has 7 rings (SSSR count). The smallest absolute Gasteiger partial charge is 1.00 e. The Bertz CT molecular complexity index is 3030. The van der Waals surface area contributed by atoms with E-state index in [9.17, 15) is 25.4 Å². The van der Waals surface area contributed by atoms with E-state index in [1.54, 1.807) is 23.5 Å². The predicted molar refractivity (Wildman–Crippen MR) is 457 cm³/mol. The molecule has 0 amide bonds. The fraction of sp³-hybridized carbons (Fsp3) is 0.505. The summed E-state index contributed by atoms with van der Waals surface area (Å²) in [6.45, 7) is 18.9. The predicted octanol–water partition coefficient (Wildman–Crippen LogP) is 24.9. The molecule has 9 nitrogen and oxygen atoms in total. The molecule has 0 radical (unpaired) electrons. The molecule has 0 spiro atoms. The minimum atomic E-state index is -0.635. The quantitative estimate of drug-likeness (QED) is 0.0132. The monoisotopic (exact) mass is 1480 g/mol. The maximum Gasteiger partial charge on any atom is 1.00 e. The van der Waals surface area contributed by atoms with E-state index in [2.05, 4.69) is 113 Å². The minimum Gasteiger partial charge on any atom is -1.00 e. The Labute approximate surface area is 670 Å². The summed E-state index contributed by atoms with van der Waals surface area (Å²) < 4.78 is -1.27. The van der Waals surface area contributed by atoms with Crippen molar-refractivity contribution in [2.75, 3.05) is 43.4 Å². The second-order valence-electron chi connectivity index (χ2n) is 26.5. The van der Waals surface area contributed by atoms with Crippen LogP contribution in [0, 0.1) is 38.4 Å². The molecule has 0 aliphatic carbocycles. The number of rotatable bonds is 46. The van der Waals surface area contributed by atoms with E-state index in [4.69, 9.17) is 0 Å². The summed E-state index contributed by atoms with van der Waals surface area (Å²) in [4.78, 5) is 24.1. The molecule has 0 atom stereocenters. The van der Waals surface area contributed by atoms with Gasteiger partial charge in [-0.2, -0.15) is 12.6 Å². The average Bonchev–Trinajstić information content (AvgIpc) is 0.802. The Kier molecular flexibility index (Phi) is 61.9. The van der Waals surface area contributed by atoms with E-state index in [-0.39, 0.29) is 42.5 Å². The molecule has 0 aromatic heterocycles. The third-order valence-electron chi connectivity index (χ3n) is 18.3. The van der Waals surface area contributed by atoms with Crippen LogP contribution in [-0.4, -0.2) is 58.2 Å². The SMILES string of the molecule is CCCCCCCCCCCCS.CCCCCCCCCCCCSC(C#[N+][O-])(c1ccccc1)c1ccccc1.CCCCCCCCCCCCSC(C[N+](=O)[O-])(c1ccccc1)c1ccccc1.CCN(CC)CC.Cc1ccccc1.O=[N+]([O-])C=C(c1ccccc1)c1ccccc1.[H-].[Na+]. The summed E-state index contributed by atoms with van der Waals surface area (Å²) in [5.74, 6) is 2.99. The number of hydrogen-bond acceptors (Lipinski definition) is 9. The van der Waals surface area contributed by atoms with Gasteiger partial charge in [-0.25, -0.2) is 0 Å². The molecule has 0 saturated carbocycles. The van der Waals surface area contributed by atoms with Gasteiger partial charge < -0.3 is 11.5 Å². The van der Waals surface area contributed by atoms with Crippen molar-refractivity contribution in [3.05, 3.63) is 288 Å². The van der Waals surface area contributed by atoms with Gasteiger partial charge in [-0.1, -0.05) is 433 Å². The molecule has 566 valence electrons. The van der Waals surface area contributed by atoms with Gasteiger partial charge in [0.05, 0.1) is 10.5 Å². The van der Waals surface area contributed by atoms with Gasteiger partial charge in [0.2, 0.25) is 17.5 Å². The van der Waals surface area contributed by atoms with Crippen molar-refractivity contribution in [3.63, 3.8) is 0 Å². The molecule has 0 aliphatic rings. The van der Waals surface area contributed by atoms with Gasteiger partial charge in [-0.3, -0.25) is 20.2 Å². The zero-order valence-electron chi connectivity index (χ0n) is 66.5. The Morgan fingerprint density at radius 2 is 0.702 bits per heavy atom. The van der Waals surface area contributed by atoms with Gasteiger partial charge in [-0.05, 0) is 96.5 Å². The third kappa shape index (κ3) is 45.1. The summed E-state index contributed by atoms with van der Waals surface area (Å²) in [5, 5.41) is 36.7. The van der Waals surface area contributed by atoms with Crippen molar-refractivity contribution in [1.29, 1.82) is 0 Å². The molecule has 0 N–H and O–H groups in total. The molecule has 7 aromatic carbocycles. The van der Waals surface area contributed by atoms with Crippen LogP contribution in [0.5, 0.6) is 0 Å². The Morgan fingerprint density at radius 3 is 0.962 bits per heavy atom. The van der Waals surface area contributed by atoms with Crippen molar-refractivity contribution < 1.29 is 40.8 Å². The number of thioether (sulfide) groups is 2. The fourth-order valence-electron chi connectivity index (χ4n) is 12.2. The molecule has 0 saturated heterocycles. The summed E-state index contributed by atoms with van der Waals surface area (Å²) in [7, 11) is 0. The van der Waals surface area contributed by atoms with Crippen LogP contribution in [0.1, 0.15) is 275 Å². The molecule has 104 heavy (non-hydrogen) atoms. The largest absolute Gasteiger partial charge is 1.00 e. The molecule has 7 aromatic rings. The molecule has 0 bridgehead atoms. The average molecular weight is 1480 g/mol. The van der Waals surface area contributed by atoms with Gasteiger partial charge >= 0.3 is 35.6 Å². The van der Waals surface area contributed by atoms with Crippen LogP contribution in [0.15, 0.2) is 219 Å². The topological polar surface area (TPSA) is 117 Å². The van der Waals surface area contributed by atoms with Crippen LogP contribution in [0.2, 0.25) is 0 Å². The zero-order valence-corrected chi connectivity index (χ0v) is 70.1. The van der Waals surface area contributed by atoms with Crippen molar-refractivity contribution >= 4 is 41.7 Å². The summed E-state index contributed by atoms with van der Waals surface area (Å²) in [6.07, 6.45) is 41.5. The van der Waals surface area contributed by atoms with E-state index in [1.807, 2.05) is 176 Å². The maximum absolute atomic E-state index is 11.7. The number of unbranched alkanes of at least 4 members (excludes halogenated alkanes) is 27. The van der Waals surface area contributed by atoms with Gasteiger partial charge in [0, 0.05) is 9.93 Å². The van der Waals surface area contributed by atoms with Crippen molar-refractivity contribution in [1.82, 2.24) is 4.90 Å². The molecule has 0 heterocycles. The van der Waals surface area contributed by atoms with E-state index in [0.717, 1.165) is 69.7 Å². The van der Waals surface area contributed by atoms with Crippen LogP contribution in [0.25, 0.3) is 10.6 Å². The van der Waals surface area contributed by atoms with Crippen LogP contribution in [0.3, 0.4) is 0 Å². The van der Waals surface area contributed by atoms with Crippen molar-refractivity contribution in [2.45, 2.75) is 251 Å². The van der Waals surface area contributed by atoms with Crippen LogP contribution < -0.4 is 29.6 Å². The second kappa shape index (κ2) is 66.8. The van der Waals surface area contributed by atoms with Crippen LogP contribution in [0.4, 0.5) is 0 Å². The summed E-state index contributed by atoms with van der Waals surface area (Å²) in [6, 6.07) is 72.2. The van der Waals surface area contributed by atoms with Gasteiger partial charge in [-0.15, -0.1) is 23.5 Å². The number of thiol groups is 1. The van der Waals surface area contributed by atoms with Crippen molar-refractivity contribution in [2.24, 2.45) is 0 Å². The number of benzene rings is 7. The number of aryl methyl sites for hydroxylation is 1. The number of nitro groups is 2. The summed E-state index contributed by atoms with van der Waals surface area (Å²) >= 11 is 7.71. The zero-order chi connectivity index (χ0) is 74.8. The number of nitrogens with zero attached hydrogens (tertiary/aromatic N) is 4. The Hall–Kier alpha value is -5.62. The number of hydrogen-bond donors (Lipinski definition) is 1. The van der Waals surface area contributed by atoms with Gasteiger partial charge in [0.15, 0.2) is 0 Å². The molecule has 0 unspecified atom stereocenters. The van der Waals surface area contributed by atoms with Gasteiger partial charge in [0.1, 0.15) is 4.75 Å². The third-order valence-corrected chi connectivity index (χ3v) is 21.6. The van der Waals surface area contributed by atoms with Crippen LogP contribution in [-0.2, 0) is 9.49 Å². The minimum absolute atomic E-state index is 0. The molecule has 0 aliphatic heterocycles. The van der Waals surface area contributed by atoms with Gasteiger partial charge in [0.25, 0.3) is 0 Å².